The predicted octanol–water partition coefficient (Wildman–Crippen LogP) is 1.71. The zero-order valence-corrected chi connectivity index (χ0v) is 25.6. The highest BCUT2D eigenvalue weighted by atomic mass is 16.7. The van der Waals surface area contributed by atoms with Gasteiger partial charge >= 0.3 is 0 Å². The van der Waals surface area contributed by atoms with Gasteiger partial charge in [0, 0.05) is 31.5 Å². The average molecular weight is 592 g/mol. The minimum atomic E-state index is -1.47. The molecule has 0 aromatic rings. The summed E-state index contributed by atoms with van der Waals surface area (Å²) in [5, 5.41) is 52.4. The average Bonchev–Trinajstić information content (AvgIpc) is 3.33. The highest BCUT2D eigenvalue weighted by molar-refractivity contribution is 5.83. The third-order valence-electron chi connectivity index (χ3n) is 14.0. The fourth-order valence-corrected chi connectivity index (χ4v) is 11.8. The number of ketones is 1. The third-order valence-corrected chi connectivity index (χ3v) is 14.0. The van der Waals surface area contributed by atoms with E-state index in [2.05, 4.69) is 25.7 Å². The van der Waals surface area contributed by atoms with Crippen LogP contribution in [0.2, 0.25) is 0 Å². The summed E-state index contributed by atoms with van der Waals surface area (Å²) in [5.41, 5.74) is -0.745. The summed E-state index contributed by atoms with van der Waals surface area (Å²) in [6, 6.07) is 0.276. The topological polar surface area (TPSA) is 140 Å². The van der Waals surface area contributed by atoms with Crippen LogP contribution in [0.25, 0.3) is 0 Å². The van der Waals surface area contributed by atoms with Gasteiger partial charge in [-0.1, -0.05) is 13.8 Å². The van der Waals surface area contributed by atoms with E-state index in [0.717, 1.165) is 51.6 Å². The summed E-state index contributed by atoms with van der Waals surface area (Å²) in [6.07, 6.45) is 1.67. The largest absolute Gasteiger partial charge is 0.394 e. The molecule has 238 valence electrons. The van der Waals surface area contributed by atoms with E-state index in [1.165, 1.54) is 6.42 Å². The van der Waals surface area contributed by atoms with Crippen LogP contribution in [0.3, 0.4) is 0 Å². The summed E-state index contributed by atoms with van der Waals surface area (Å²) in [5.74, 6) is 3.79. The Bertz CT molecular complexity index is 1040. The molecule has 5 N–H and O–H groups in total. The van der Waals surface area contributed by atoms with Crippen LogP contribution in [0.15, 0.2) is 0 Å². The summed E-state index contributed by atoms with van der Waals surface area (Å²) < 4.78 is 11.8. The zero-order chi connectivity index (χ0) is 29.7. The Hall–Kier alpha value is -0.650. The van der Waals surface area contributed by atoms with E-state index in [1.54, 1.807) is 0 Å². The molecule has 0 bridgehead atoms. The van der Waals surface area contributed by atoms with Crippen LogP contribution < -0.4 is 0 Å². The number of piperidine rings is 2. The number of fused-ring (bicyclic) bond motifs is 8. The molecular weight excluding hydrogens is 538 g/mol. The van der Waals surface area contributed by atoms with Crippen LogP contribution in [0, 0.1) is 52.8 Å². The molecule has 0 radical (unpaired) electrons. The second kappa shape index (κ2) is 10.7. The van der Waals surface area contributed by atoms with Crippen molar-refractivity contribution in [3.8, 4) is 0 Å². The van der Waals surface area contributed by atoms with Crippen molar-refractivity contribution in [1.82, 2.24) is 4.90 Å². The van der Waals surface area contributed by atoms with Crippen molar-refractivity contribution in [2.45, 2.75) is 127 Å². The van der Waals surface area contributed by atoms with Crippen LogP contribution in [-0.4, -0.2) is 104 Å². The van der Waals surface area contributed by atoms with Crippen molar-refractivity contribution in [2.24, 2.45) is 52.8 Å². The molecule has 0 amide bonds. The Morgan fingerprint density at radius 2 is 1.69 bits per heavy atom. The maximum Gasteiger partial charge on any atom is 0.186 e. The second-order valence-corrected chi connectivity index (χ2v) is 16.0. The van der Waals surface area contributed by atoms with Gasteiger partial charge < -0.3 is 35.0 Å². The lowest BCUT2D eigenvalue weighted by molar-refractivity contribution is -0.315. The Kier molecular flexibility index (Phi) is 7.66. The first-order chi connectivity index (χ1) is 19.9. The lowest BCUT2D eigenvalue weighted by Crippen LogP contribution is -2.67. The lowest BCUT2D eigenvalue weighted by atomic mass is 9.51. The summed E-state index contributed by atoms with van der Waals surface area (Å²) in [4.78, 5) is 16.5. The van der Waals surface area contributed by atoms with Gasteiger partial charge in [-0.3, -0.25) is 9.69 Å². The normalized spacial score (nSPS) is 57.9. The molecule has 7 rings (SSSR count). The molecule has 17 atom stereocenters. The van der Waals surface area contributed by atoms with Gasteiger partial charge in [0.05, 0.1) is 18.3 Å². The molecule has 0 aromatic heterocycles. The monoisotopic (exact) mass is 591 g/mol. The molecule has 4 saturated carbocycles. The summed E-state index contributed by atoms with van der Waals surface area (Å²) >= 11 is 0. The first kappa shape index (κ1) is 30.0. The summed E-state index contributed by atoms with van der Waals surface area (Å²) in [6.45, 7) is 8.49. The Labute approximate surface area is 249 Å². The molecule has 7 aliphatic rings. The van der Waals surface area contributed by atoms with Crippen LogP contribution in [0.5, 0.6) is 0 Å². The van der Waals surface area contributed by atoms with Gasteiger partial charge in [-0.2, -0.15) is 0 Å². The Morgan fingerprint density at radius 3 is 2.45 bits per heavy atom. The fraction of sp³-hybridized carbons (Fsp3) is 0.970. The molecule has 0 aromatic carbocycles. The van der Waals surface area contributed by atoms with Crippen molar-refractivity contribution in [3.63, 3.8) is 0 Å². The van der Waals surface area contributed by atoms with E-state index in [0.29, 0.717) is 60.1 Å². The Balaban J connectivity index is 1.07. The number of aliphatic hydroxyl groups excluding tert-OH is 4. The minimum Gasteiger partial charge on any atom is -0.394 e. The molecule has 42 heavy (non-hydrogen) atoms. The van der Waals surface area contributed by atoms with Crippen molar-refractivity contribution < 1.29 is 39.8 Å². The van der Waals surface area contributed by atoms with E-state index < -0.39 is 42.9 Å². The lowest BCUT2D eigenvalue weighted by Gasteiger charge is -2.59. The smallest absolute Gasteiger partial charge is 0.186 e. The number of ether oxygens (including phenoxy) is 2. The predicted molar refractivity (Wildman–Crippen MR) is 153 cm³/mol. The second-order valence-electron chi connectivity index (χ2n) is 16.0. The Morgan fingerprint density at radius 1 is 0.905 bits per heavy atom. The van der Waals surface area contributed by atoms with Gasteiger partial charge in [-0.15, -0.1) is 0 Å². The van der Waals surface area contributed by atoms with E-state index in [-0.39, 0.29) is 23.5 Å². The number of hydrogen-bond donors (Lipinski definition) is 5. The maximum absolute atomic E-state index is 13.9. The van der Waals surface area contributed by atoms with Crippen molar-refractivity contribution in [1.29, 1.82) is 0 Å². The molecule has 4 aliphatic carbocycles. The van der Waals surface area contributed by atoms with Crippen molar-refractivity contribution >= 4 is 5.78 Å². The van der Waals surface area contributed by atoms with Gasteiger partial charge in [-0.25, -0.2) is 0 Å². The van der Waals surface area contributed by atoms with E-state index >= 15 is 0 Å². The van der Waals surface area contributed by atoms with Crippen LogP contribution in [-0.2, 0) is 14.3 Å². The van der Waals surface area contributed by atoms with Crippen LogP contribution in [0.4, 0.5) is 0 Å². The van der Waals surface area contributed by atoms with E-state index in [4.69, 9.17) is 9.47 Å². The molecular formula is C33H53NO8. The summed E-state index contributed by atoms with van der Waals surface area (Å²) in [7, 11) is 0. The van der Waals surface area contributed by atoms with Crippen molar-refractivity contribution in [2.75, 3.05) is 19.7 Å². The quantitative estimate of drug-likeness (QED) is 0.310. The standard InChI is InChI=1S/C33H53NO8/c1-16-4-7-27-33(3,40)22-6-5-18-19(21(22)14-34(27)13-16)11-23-20(18)12-25(36)24-10-17(8-9-32(23,24)2)41-31-30(39)29(38)28(37)26(15-35)42-31/h16-24,26-31,35,37-40H,4-15H2,1-3H3/t16-,17-,18+,19+,20+,21+,22+,23-,24+,26+,27-,28+,29-,30+,31+,32+,33-/m0/s1. The first-order valence-corrected chi connectivity index (χ1v) is 16.9. The third kappa shape index (κ3) is 4.50. The molecule has 3 heterocycles. The molecule has 9 heteroatoms. The first-order valence-electron chi connectivity index (χ1n) is 16.9. The van der Waals surface area contributed by atoms with E-state index in [1.807, 2.05) is 0 Å². The zero-order valence-electron chi connectivity index (χ0n) is 25.6. The van der Waals surface area contributed by atoms with Crippen molar-refractivity contribution in [3.05, 3.63) is 0 Å². The minimum absolute atomic E-state index is 0.0958. The van der Waals surface area contributed by atoms with Crippen LogP contribution in [0.1, 0.15) is 78.6 Å². The molecule has 9 nitrogen and oxygen atoms in total. The van der Waals surface area contributed by atoms with Gasteiger partial charge in [0.1, 0.15) is 30.2 Å². The number of nitrogens with zero attached hydrogens (tertiary/aromatic N) is 1. The molecule has 0 unspecified atom stereocenters. The number of hydrogen-bond acceptors (Lipinski definition) is 9. The molecule has 0 spiro atoms. The van der Waals surface area contributed by atoms with Gasteiger partial charge in [0.15, 0.2) is 6.29 Å². The fourth-order valence-electron chi connectivity index (χ4n) is 11.8. The van der Waals surface area contributed by atoms with Gasteiger partial charge in [0.25, 0.3) is 0 Å². The number of carbonyl (C=O) groups excluding carboxylic acids is 1. The maximum atomic E-state index is 13.9. The molecule has 3 saturated heterocycles. The SMILES string of the molecule is C[C@H]1CC[C@@H]2N(C1)C[C@@H]1[C@@H]3C[C@H]4[C@H](CC(=O)[C@H]5C[C@@H](O[C@@H]6O[C@H](CO)[C@@H](O)[C@H](O)[C@H]6O)CC[C@@]54C)[C@@H]3CC[C@H]1[C@]2(C)O. The van der Waals surface area contributed by atoms with Crippen LogP contribution >= 0.6 is 0 Å². The number of carbonyl (C=O) groups is 1. The molecule has 3 aliphatic heterocycles. The number of Topliss-reactive ketones (excluding diaryl/α,β-unsaturated/α-hetero) is 1. The van der Waals surface area contributed by atoms with E-state index in [9.17, 15) is 30.3 Å². The van der Waals surface area contributed by atoms with Gasteiger partial charge in [-0.05, 0) is 105 Å². The number of rotatable bonds is 3. The molecule has 7 fully saturated rings. The van der Waals surface area contributed by atoms with Gasteiger partial charge in [0.2, 0.25) is 0 Å². The highest BCUT2D eigenvalue weighted by Crippen LogP contribution is 2.66. The highest BCUT2D eigenvalue weighted by Gasteiger charge is 2.64. The number of aliphatic hydroxyl groups is 5.